The summed E-state index contributed by atoms with van der Waals surface area (Å²) < 4.78 is 0.662. The number of nitrogens with one attached hydrogen (secondary N) is 1. The molecule has 0 aromatic heterocycles. The molecule has 0 saturated carbocycles. The molecule has 2 nitrogen and oxygen atoms in total. The number of rotatable bonds is 2. The molecule has 3 N–H and O–H groups in total. The van der Waals surface area contributed by atoms with Crippen LogP contribution in [0.4, 0.5) is 0 Å². The molecule has 0 aromatic carbocycles. The maximum atomic E-state index is 5.24. The van der Waals surface area contributed by atoms with Gasteiger partial charge in [0.1, 0.15) is 0 Å². The molecular formula is C4H10N2Se. The van der Waals surface area contributed by atoms with E-state index in [1.54, 1.807) is 0 Å². The van der Waals surface area contributed by atoms with Crippen LogP contribution in [0.1, 0.15) is 13.8 Å². The Labute approximate surface area is 51.8 Å². The van der Waals surface area contributed by atoms with Crippen LogP contribution in [0.3, 0.4) is 0 Å². The van der Waals surface area contributed by atoms with Crippen LogP contribution in [0.15, 0.2) is 0 Å². The Morgan fingerprint density at radius 2 is 2.14 bits per heavy atom. The monoisotopic (exact) mass is 166 g/mol. The standard InChI is InChI=1S/C4H10N2Se/c1-3(2)6-4(5)7/h3H,1-2H3,(H3,5,6,7). The third kappa shape index (κ3) is 5.99. The molecule has 0 unspecified atom stereocenters. The number of hydrogen-bond acceptors (Lipinski definition) is 2. The van der Waals surface area contributed by atoms with Crippen LogP contribution in [0.2, 0.25) is 0 Å². The first-order valence-corrected chi connectivity index (χ1v) is 3.04. The van der Waals surface area contributed by atoms with Gasteiger partial charge in [0, 0.05) is 0 Å². The minimum atomic E-state index is 0.432. The Balaban J connectivity index is 3.13. The van der Waals surface area contributed by atoms with Crippen molar-refractivity contribution in [2.75, 3.05) is 0 Å². The van der Waals surface area contributed by atoms with Crippen LogP contribution in [0.25, 0.3) is 0 Å². The van der Waals surface area contributed by atoms with E-state index in [0.29, 0.717) is 10.7 Å². The average Bonchev–Trinajstić information content (AvgIpc) is 1.27. The van der Waals surface area contributed by atoms with Gasteiger partial charge in [0.2, 0.25) is 0 Å². The van der Waals surface area contributed by atoms with E-state index in [0.717, 1.165) is 0 Å². The van der Waals surface area contributed by atoms with E-state index >= 15 is 0 Å². The first-order chi connectivity index (χ1) is 3.13. The summed E-state index contributed by atoms with van der Waals surface area (Å²) >= 11 is 2.65. The fourth-order valence-electron chi connectivity index (χ4n) is 0.285. The quantitative estimate of drug-likeness (QED) is 0.525. The average molecular weight is 165 g/mol. The Morgan fingerprint density at radius 1 is 1.71 bits per heavy atom. The zero-order valence-electron chi connectivity index (χ0n) is 4.56. The summed E-state index contributed by atoms with van der Waals surface area (Å²) in [4.78, 5) is 0. The number of nitrogens with two attached hydrogens (primary N) is 1. The molecule has 7 heavy (non-hydrogen) atoms. The third-order valence-corrected chi connectivity index (χ3v) is 0.678. The molecule has 0 bridgehead atoms. The Morgan fingerprint density at radius 3 is 2.14 bits per heavy atom. The van der Waals surface area contributed by atoms with Gasteiger partial charge in [-0.1, -0.05) is 0 Å². The van der Waals surface area contributed by atoms with Crippen molar-refractivity contribution >= 4 is 20.2 Å². The van der Waals surface area contributed by atoms with Gasteiger partial charge in [-0.2, -0.15) is 0 Å². The molecule has 42 valence electrons. The van der Waals surface area contributed by atoms with Crippen molar-refractivity contribution in [2.24, 2.45) is 5.73 Å². The van der Waals surface area contributed by atoms with Gasteiger partial charge in [-0.05, 0) is 0 Å². The molecule has 0 heterocycles. The van der Waals surface area contributed by atoms with Crippen molar-refractivity contribution in [2.45, 2.75) is 19.9 Å². The fraction of sp³-hybridized carbons (Fsp3) is 0.750. The van der Waals surface area contributed by atoms with Gasteiger partial charge < -0.3 is 0 Å². The van der Waals surface area contributed by atoms with Crippen LogP contribution in [-0.2, 0) is 0 Å². The molecule has 0 spiro atoms. The van der Waals surface area contributed by atoms with Gasteiger partial charge in [0.15, 0.2) is 0 Å². The maximum absolute atomic E-state index is 5.24. The summed E-state index contributed by atoms with van der Waals surface area (Å²) in [5.74, 6) is 0. The number of hydrogen-bond donors (Lipinski definition) is 2. The summed E-state index contributed by atoms with van der Waals surface area (Å²) in [6.07, 6.45) is 0. The molecule has 0 aliphatic heterocycles. The van der Waals surface area contributed by atoms with Crippen molar-refractivity contribution in [3.8, 4) is 0 Å². The zero-order valence-corrected chi connectivity index (χ0v) is 6.28. The first kappa shape index (κ1) is 6.99. The van der Waals surface area contributed by atoms with Crippen LogP contribution in [0, 0.1) is 0 Å². The molecule has 3 heteroatoms. The molecule has 0 radical (unpaired) electrons. The van der Waals surface area contributed by atoms with Gasteiger partial charge >= 0.3 is 51.2 Å². The minimum absolute atomic E-state index is 0.432. The topological polar surface area (TPSA) is 38.0 Å². The Bertz CT molecular complexity index is 70.1. The predicted molar refractivity (Wildman–Crippen MR) is 33.2 cm³/mol. The predicted octanol–water partition coefficient (Wildman–Crippen LogP) is -0.801. The molecule has 0 aliphatic rings. The second kappa shape index (κ2) is 3.05. The van der Waals surface area contributed by atoms with Gasteiger partial charge in [0.05, 0.1) is 0 Å². The van der Waals surface area contributed by atoms with E-state index in [9.17, 15) is 0 Å². The van der Waals surface area contributed by atoms with E-state index in [1.807, 2.05) is 13.8 Å². The van der Waals surface area contributed by atoms with Crippen LogP contribution >= 0.6 is 0 Å². The van der Waals surface area contributed by atoms with E-state index in [4.69, 9.17) is 5.73 Å². The molecule has 0 rings (SSSR count). The molecule has 0 fully saturated rings. The summed E-state index contributed by atoms with van der Waals surface area (Å²) in [5.41, 5.74) is 5.24. The van der Waals surface area contributed by atoms with Crippen molar-refractivity contribution in [1.82, 2.24) is 5.32 Å². The summed E-state index contributed by atoms with van der Waals surface area (Å²) in [5, 5.41) is 2.94. The van der Waals surface area contributed by atoms with E-state index < -0.39 is 0 Å². The second-order valence-corrected chi connectivity index (χ2v) is 2.59. The van der Waals surface area contributed by atoms with E-state index in [1.165, 1.54) is 0 Å². The molecule has 0 aromatic rings. The zero-order chi connectivity index (χ0) is 5.86. The van der Waals surface area contributed by atoms with Crippen molar-refractivity contribution in [3.05, 3.63) is 0 Å². The van der Waals surface area contributed by atoms with Crippen LogP contribution in [0.5, 0.6) is 0 Å². The normalized spacial score (nSPS) is 9.00. The van der Waals surface area contributed by atoms with Crippen LogP contribution < -0.4 is 11.1 Å². The van der Waals surface area contributed by atoms with Crippen LogP contribution in [-0.4, -0.2) is 26.3 Å². The summed E-state index contributed by atoms with van der Waals surface area (Å²) in [7, 11) is 0. The first-order valence-electron chi connectivity index (χ1n) is 2.19. The molecule has 0 amide bonds. The Hall–Kier alpha value is -0.0105. The summed E-state index contributed by atoms with van der Waals surface area (Å²) in [6.45, 7) is 4.06. The summed E-state index contributed by atoms with van der Waals surface area (Å²) in [6, 6.07) is 0.432. The van der Waals surface area contributed by atoms with Gasteiger partial charge in [-0.15, -0.1) is 0 Å². The second-order valence-electron chi connectivity index (χ2n) is 1.66. The van der Waals surface area contributed by atoms with Gasteiger partial charge in [-0.25, -0.2) is 0 Å². The van der Waals surface area contributed by atoms with E-state index in [-0.39, 0.29) is 0 Å². The SMILES string of the molecule is CC(C)NC(N)=[Se]. The molecule has 0 saturated heterocycles. The molecule has 0 atom stereocenters. The van der Waals surface area contributed by atoms with Crippen molar-refractivity contribution in [3.63, 3.8) is 0 Å². The van der Waals surface area contributed by atoms with Crippen molar-refractivity contribution in [1.29, 1.82) is 0 Å². The Kier molecular flexibility index (Phi) is 3.05. The van der Waals surface area contributed by atoms with Gasteiger partial charge in [-0.3, -0.25) is 0 Å². The third-order valence-electron chi connectivity index (χ3n) is 0.431. The molecular weight excluding hydrogens is 155 g/mol. The molecule has 0 aliphatic carbocycles. The van der Waals surface area contributed by atoms with E-state index in [2.05, 4.69) is 20.9 Å². The van der Waals surface area contributed by atoms with Gasteiger partial charge in [0.25, 0.3) is 0 Å². The van der Waals surface area contributed by atoms with Crippen molar-refractivity contribution < 1.29 is 0 Å². The fourth-order valence-corrected chi connectivity index (χ4v) is 0.779.